The van der Waals surface area contributed by atoms with E-state index in [0.717, 1.165) is 53.7 Å². The number of carbonyl (C=O) groups is 1. The van der Waals surface area contributed by atoms with Crippen molar-refractivity contribution in [1.82, 2.24) is 0 Å². The second-order valence-electron chi connectivity index (χ2n) is 7.13. The van der Waals surface area contributed by atoms with Gasteiger partial charge in [0, 0.05) is 17.9 Å². The zero-order chi connectivity index (χ0) is 19.6. The van der Waals surface area contributed by atoms with E-state index in [-0.39, 0.29) is 12.5 Å². The molecule has 2 aromatic carbocycles. The van der Waals surface area contributed by atoms with Gasteiger partial charge in [-0.25, -0.2) is 8.42 Å². The van der Waals surface area contributed by atoms with E-state index in [0.29, 0.717) is 5.69 Å². The zero-order valence-corrected chi connectivity index (χ0v) is 16.7. The molecule has 0 atom stereocenters. The molecular formula is C20H25N3O3S. The lowest BCUT2D eigenvalue weighted by Gasteiger charge is -2.32. The number of hydrogen-bond donors (Lipinski definition) is 2. The second kappa shape index (κ2) is 7.60. The lowest BCUT2D eigenvalue weighted by molar-refractivity contribution is -0.115. The summed E-state index contributed by atoms with van der Waals surface area (Å²) in [4.78, 5) is 14.6. The van der Waals surface area contributed by atoms with Crippen LogP contribution in [-0.4, -0.2) is 33.7 Å². The molecule has 27 heavy (non-hydrogen) atoms. The van der Waals surface area contributed by atoms with Gasteiger partial charge < -0.3 is 10.2 Å². The minimum absolute atomic E-state index is 0.0886. The number of nitrogens with one attached hydrogen (secondary N) is 2. The van der Waals surface area contributed by atoms with Gasteiger partial charge >= 0.3 is 0 Å². The lowest BCUT2D eigenvalue weighted by Crippen LogP contribution is -2.37. The molecule has 2 aromatic rings. The van der Waals surface area contributed by atoms with Gasteiger partial charge in [-0.3, -0.25) is 9.52 Å². The van der Waals surface area contributed by atoms with Crippen LogP contribution in [0.25, 0.3) is 0 Å². The Kier molecular flexibility index (Phi) is 5.41. The van der Waals surface area contributed by atoms with Crippen LogP contribution in [0, 0.1) is 13.8 Å². The quantitative estimate of drug-likeness (QED) is 0.826. The van der Waals surface area contributed by atoms with E-state index in [9.17, 15) is 13.2 Å². The third kappa shape index (κ3) is 5.01. The maximum Gasteiger partial charge on any atom is 0.243 e. The highest BCUT2D eigenvalue weighted by molar-refractivity contribution is 7.92. The number of carbonyl (C=O) groups excluding carboxylic acids is 1. The SMILES string of the molecule is Cc1cc(C)cc(NC(=O)CN2CCCc3c(NS(C)(=O)=O)cccc32)c1. The van der Waals surface area contributed by atoms with Gasteiger partial charge in [0.2, 0.25) is 15.9 Å². The number of nitrogens with zero attached hydrogens (tertiary/aromatic N) is 1. The largest absolute Gasteiger partial charge is 0.362 e. The number of amides is 1. The molecule has 144 valence electrons. The molecule has 0 unspecified atom stereocenters. The van der Waals surface area contributed by atoms with Gasteiger partial charge in [-0.1, -0.05) is 12.1 Å². The Morgan fingerprint density at radius 3 is 2.52 bits per heavy atom. The number of hydrogen-bond acceptors (Lipinski definition) is 4. The van der Waals surface area contributed by atoms with Crippen molar-refractivity contribution in [3.8, 4) is 0 Å². The molecule has 1 aliphatic heterocycles. The molecule has 0 aliphatic carbocycles. The number of sulfonamides is 1. The molecule has 2 N–H and O–H groups in total. The third-order valence-electron chi connectivity index (χ3n) is 4.48. The Balaban J connectivity index is 1.77. The standard InChI is InChI=1S/C20H25N3O3S/c1-14-10-15(2)12-16(11-14)21-20(24)13-23-9-5-6-17-18(22-27(3,25)26)7-4-8-19(17)23/h4,7-8,10-12,22H,5-6,9,13H2,1-3H3,(H,21,24). The van der Waals surface area contributed by atoms with Gasteiger partial charge in [-0.05, 0) is 67.6 Å². The number of benzene rings is 2. The maximum atomic E-state index is 12.6. The highest BCUT2D eigenvalue weighted by Gasteiger charge is 2.22. The van der Waals surface area contributed by atoms with Crippen molar-refractivity contribution in [2.45, 2.75) is 26.7 Å². The fourth-order valence-corrected chi connectivity index (χ4v) is 4.17. The molecule has 3 rings (SSSR count). The van der Waals surface area contributed by atoms with Crippen molar-refractivity contribution in [3.05, 3.63) is 53.1 Å². The van der Waals surface area contributed by atoms with Crippen LogP contribution in [-0.2, 0) is 21.2 Å². The van der Waals surface area contributed by atoms with Gasteiger partial charge in [0.1, 0.15) is 0 Å². The van der Waals surface area contributed by atoms with Crippen LogP contribution in [0.3, 0.4) is 0 Å². The molecule has 0 saturated carbocycles. The highest BCUT2D eigenvalue weighted by Crippen LogP contribution is 2.33. The summed E-state index contributed by atoms with van der Waals surface area (Å²) in [5.74, 6) is -0.0886. The Hall–Kier alpha value is -2.54. The van der Waals surface area contributed by atoms with Crippen molar-refractivity contribution in [1.29, 1.82) is 0 Å². The van der Waals surface area contributed by atoms with Gasteiger partial charge in [0.15, 0.2) is 0 Å². The summed E-state index contributed by atoms with van der Waals surface area (Å²) >= 11 is 0. The summed E-state index contributed by atoms with van der Waals surface area (Å²) < 4.78 is 25.8. The van der Waals surface area contributed by atoms with Gasteiger partial charge in [-0.15, -0.1) is 0 Å². The molecule has 0 saturated heterocycles. The van der Waals surface area contributed by atoms with Crippen LogP contribution in [0.5, 0.6) is 0 Å². The van der Waals surface area contributed by atoms with Crippen LogP contribution in [0.1, 0.15) is 23.1 Å². The number of rotatable bonds is 5. The fraction of sp³-hybridized carbons (Fsp3) is 0.350. The summed E-state index contributed by atoms with van der Waals surface area (Å²) in [6.45, 7) is 4.98. The summed E-state index contributed by atoms with van der Waals surface area (Å²) in [5, 5.41) is 2.96. The van der Waals surface area contributed by atoms with Crippen LogP contribution in [0.15, 0.2) is 36.4 Å². The average Bonchev–Trinajstić information content (AvgIpc) is 2.53. The molecule has 7 heteroatoms. The number of anilines is 3. The molecule has 1 amide bonds. The number of fused-ring (bicyclic) bond motifs is 1. The molecule has 6 nitrogen and oxygen atoms in total. The summed E-state index contributed by atoms with van der Waals surface area (Å²) in [5.41, 5.74) is 5.44. The van der Waals surface area contributed by atoms with Crippen LogP contribution in [0.2, 0.25) is 0 Å². The third-order valence-corrected chi connectivity index (χ3v) is 5.07. The molecule has 1 aliphatic rings. The van der Waals surface area contributed by atoms with E-state index in [1.807, 2.05) is 43.0 Å². The summed E-state index contributed by atoms with van der Waals surface area (Å²) in [6, 6.07) is 11.5. The van der Waals surface area contributed by atoms with Crippen LogP contribution in [0.4, 0.5) is 17.1 Å². The van der Waals surface area contributed by atoms with Gasteiger partial charge in [0.05, 0.1) is 18.5 Å². The normalized spacial score (nSPS) is 13.8. The average molecular weight is 388 g/mol. The van der Waals surface area contributed by atoms with Crippen molar-refractivity contribution in [2.24, 2.45) is 0 Å². The van der Waals surface area contributed by atoms with Crippen LogP contribution >= 0.6 is 0 Å². The minimum atomic E-state index is -3.35. The van der Waals surface area contributed by atoms with E-state index >= 15 is 0 Å². The van der Waals surface area contributed by atoms with E-state index in [1.54, 1.807) is 6.07 Å². The van der Waals surface area contributed by atoms with Gasteiger partial charge in [0.25, 0.3) is 0 Å². The Morgan fingerprint density at radius 1 is 1.15 bits per heavy atom. The molecule has 0 fully saturated rings. The first-order chi connectivity index (χ1) is 12.7. The highest BCUT2D eigenvalue weighted by atomic mass is 32.2. The smallest absolute Gasteiger partial charge is 0.243 e. The first-order valence-electron chi connectivity index (χ1n) is 8.94. The van der Waals surface area contributed by atoms with Crippen molar-refractivity contribution >= 4 is 33.0 Å². The predicted molar refractivity (Wildman–Crippen MR) is 110 cm³/mol. The van der Waals surface area contributed by atoms with Crippen molar-refractivity contribution in [3.63, 3.8) is 0 Å². The summed E-state index contributed by atoms with van der Waals surface area (Å²) in [7, 11) is -3.35. The molecular weight excluding hydrogens is 362 g/mol. The number of aryl methyl sites for hydroxylation is 2. The fourth-order valence-electron chi connectivity index (χ4n) is 3.58. The Labute approximate surface area is 160 Å². The van der Waals surface area contributed by atoms with Crippen molar-refractivity contribution < 1.29 is 13.2 Å². The molecule has 0 bridgehead atoms. The monoisotopic (exact) mass is 387 g/mol. The zero-order valence-electron chi connectivity index (χ0n) is 15.9. The first-order valence-corrected chi connectivity index (χ1v) is 10.8. The van der Waals surface area contributed by atoms with E-state index in [4.69, 9.17) is 0 Å². The Morgan fingerprint density at radius 2 is 1.85 bits per heavy atom. The Bertz CT molecular complexity index is 950. The molecule has 0 aromatic heterocycles. The lowest BCUT2D eigenvalue weighted by atomic mass is 10.00. The second-order valence-corrected chi connectivity index (χ2v) is 8.88. The van der Waals surface area contributed by atoms with Crippen LogP contribution < -0.4 is 14.9 Å². The summed E-state index contributed by atoms with van der Waals surface area (Å²) in [6.07, 6.45) is 2.79. The first kappa shape index (κ1) is 19.2. The molecule has 1 heterocycles. The van der Waals surface area contributed by atoms with E-state index in [1.165, 1.54) is 0 Å². The molecule has 0 radical (unpaired) electrons. The van der Waals surface area contributed by atoms with E-state index < -0.39 is 10.0 Å². The minimum Gasteiger partial charge on any atom is -0.362 e. The van der Waals surface area contributed by atoms with E-state index in [2.05, 4.69) is 16.1 Å². The van der Waals surface area contributed by atoms with Gasteiger partial charge in [-0.2, -0.15) is 0 Å². The topological polar surface area (TPSA) is 78.5 Å². The molecule has 0 spiro atoms. The van der Waals surface area contributed by atoms with Crippen molar-refractivity contribution in [2.75, 3.05) is 34.3 Å². The maximum absolute atomic E-state index is 12.6. The predicted octanol–water partition coefficient (Wildman–Crippen LogP) is 3.07.